The molecular formula is C13H22FNO4. The molecule has 1 saturated heterocycles. The number of esters is 1. The Kier molecular flexibility index (Phi) is 4.76. The van der Waals surface area contributed by atoms with Crippen molar-refractivity contribution >= 4 is 12.1 Å². The van der Waals surface area contributed by atoms with Crippen LogP contribution in [0.2, 0.25) is 0 Å². The van der Waals surface area contributed by atoms with E-state index in [0.717, 1.165) is 0 Å². The van der Waals surface area contributed by atoms with Gasteiger partial charge in [-0.15, -0.1) is 0 Å². The molecule has 0 aliphatic carbocycles. The number of hydrogen-bond acceptors (Lipinski definition) is 4. The molecule has 0 aromatic heterocycles. The number of nitrogens with zero attached hydrogens (tertiary/aromatic N) is 1. The van der Waals surface area contributed by atoms with E-state index in [9.17, 15) is 14.0 Å². The second-order valence-electron chi connectivity index (χ2n) is 5.78. The van der Waals surface area contributed by atoms with Crippen molar-refractivity contribution in [2.45, 2.75) is 51.3 Å². The highest BCUT2D eigenvalue weighted by Gasteiger charge is 2.42. The number of methoxy groups -OCH3 is 1. The molecular weight excluding hydrogens is 253 g/mol. The summed E-state index contributed by atoms with van der Waals surface area (Å²) in [7, 11) is 1.17. The van der Waals surface area contributed by atoms with Crippen molar-refractivity contribution in [3.63, 3.8) is 0 Å². The molecule has 0 spiro atoms. The highest BCUT2D eigenvalue weighted by Crippen LogP contribution is 2.28. The third-order valence-corrected chi connectivity index (χ3v) is 2.98. The lowest BCUT2D eigenvalue weighted by Crippen LogP contribution is -2.39. The van der Waals surface area contributed by atoms with Gasteiger partial charge in [-0.2, -0.15) is 0 Å². The van der Waals surface area contributed by atoms with Gasteiger partial charge in [-0.1, -0.05) is 0 Å². The van der Waals surface area contributed by atoms with Crippen LogP contribution in [0, 0.1) is 0 Å². The van der Waals surface area contributed by atoms with E-state index in [0.29, 0.717) is 13.0 Å². The summed E-state index contributed by atoms with van der Waals surface area (Å²) < 4.78 is 24.1. The van der Waals surface area contributed by atoms with Crippen molar-refractivity contribution in [3.8, 4) is 0 Å². The fourth-order valence-corrected chi connectivity index (χ4v) is 2.00. The number of ether oxygens (including phenoxy) is 2. The molecule has 0 aromatic rings. The van der Waals surface area contributed by atoms with Gasteiger partial charge in [0.2, 0.25) is 5.67 Å². The monoisotopic (exact) mass is 275 g/mol. The van der Waals surface area contributed by atoms with Gasteiger partial charge in [0.05, 0.1) is 7.11 Å². The number of halogens is 1. The molecule has 0 N–H and O–H groups in total. The smallest absolute Gasteiger partial charge is 0.410 e. The zero-order valence-corrected chi connectivity index (χ0v) is 12.0. The second-order valence-corrected chi connectivity index (χ2v) is 5.78. The van der Waals surface area contributed by atoms with Crippen molar-refractivity contribution in [1.82, 2.24) is 4.90 Å². The summed E-state index contributed by atoms with van der Waals surface area (Å²) >= 11 is 0. The van der Waals surface area contributed by atoms with Crippen molar-refractivity contribution in [2.75, 3.05) is 20.2 Å². The Hall–Kier alpha value is -1.33. The van der Waals surface area contributed by atoms with Crippen LogP contribution in [0.1, 0.15) is 40.0 Å². The number of likely N-dealkylation sites (tertiary alicyclic amines) is 1. The van der Waals surface area contributed by atoms with Crippen molar-refractivity contribution < 1.29 is 23.5 Å². The molecule has 0 radical (unpaired) electrons. The van der Waals surface area contributed by atoms with E-state index in [1.54, 1.807) is 20.8 Å². The molecule has 0 bridgehead atoms. The number of hydrogen-bond donors (Lipinski definition) is 0. The molecule has 1 fully saturated rings. The van der Waals surface area contributed by atoms with E-state index in [1.165, 1.54) is 12.0 Å². The number of amides is 1. The van der Waals surface area contributed by atoms with Crippen LogP contribution in [0.15, 0.2) is 0 Å². The third-order valence-electron chi connectivity index (χ3n) is 2.98. The average Bonchev–Trinajstić information content (AvgIpc) is 2.49. The van der Waals surface area contributed by atoms with Crippen molar-refractivity contribution in [2.24, 2.45) is 0 Å². The van der Waals surface area contributed by atoms with Gasteiger partial charge in [0.15, 0.2) is 0 Å². The van der Waals surface area contributed by atoms with Gasteiger partial charge >= 0.3 is 12.1 Å². The van der Waals surface area contributed by atoms with Gasteiger partial charge < -0.3 is 14.4 Å². The van der Waals surface area contributed by atoms with Crippen LogP contribution in [-0.4, -0.2) is 48.4 Å². The van der Waals surface area contributed by atoms with Gasteiger partial charge in [0.1, 0.15) is 5.60 Å². The first-order valence-corrected chi connectivity index (χ1v) is 6.43. The molecule has 1 rings (SSSR count). The molecule has 19 heavy (non-hydrogen) atoms. The zero-order chi connectivity index (χ0) is 14.7. The molecule has 0 unspecified atom stereocenters. The minimum absolute atomic E-state index is 0.0566. The van der Waals surface area contributed by atoms with Gasteiger partial charge in [-0.05, 0) is 33.6 Å². The van der Waals surface area contributed by atoms with Crippen LogP contribution in [0.3, 0.4) is 0 Å². The van der Waals surface area contributed by atoms with Crippen molar-refractivity contribution in [1.29, 1.82) is 0 Å². The summed E-state index contributed by atoms with van der Waals surface area (Å²) in [5.41, 5.74) is -2.58. The lowest BCUT2D eigenvalue weighted by molar-refractivity contribution is -0.155. The first-order chi connectivity index (χ1) is 8.68. The van der Waals surface area contributed by atoms with Gasteiger partial charge in [-0.3, -0.25) is 0 Å². The number of alkyl halides is 1. The Morgan fingerprint density at radius 1 is 1.21 bits per heavy atom. The van der Waals surface area contributed by atoms with Crippen molar-refractivity contribution in [3.05, 3.63) is 0 Å². The predicted molar refractivity (Wildman–Crippen MR) is 67.5 cm³/mol. The van der Waals surface area contributed by atoms with Gasteiger partial charge in [0.25, 0.3) is 0 Å². The minimum Gasteiger partial charge on any atom is -0.467 e. The quantitative estimate of drug-likeness (QED) is 0.689. The van der Waals surface area contributed by atoms with E-state index >= 15 is 0 Å². The summed E-state index contributed by atoms with van der Waals surface area (Å²) in [5.74, 6) is -0.862. The highest BCUT2D eigenvalue weighted by molar-refractivity contribution is 5.79. The Morgan fingerprint density at radius 2 is 1.84 bits per heavy atom. The molecule has 110 valence electrons. The number of rotatable bonds is 1. The van der Waals surface area contributed by atoms with Crippen LogP contribution in [0.4, 0.5) is 9.18 Å². The van der Waals surface area contributed by atoms with Gasteiger partial charge in [-0.25, -0.2) is 14.0 Å². The van der Waals surface area contributed by atoms with Crippen LogP contribution in [0.5, 0.6) is 0 Å². The molecule has 1 heterocycles. The SMILES string of the molecule is COC(=O)[C@@]1(F)CCCN(C(=O)OC(C)(C)C)CC1. The summed E-state index contributed by atoms with van der Waals surface area (Å²) in [6.45, 7) is 5.86. The van der Waals surface area contributed by atoms with Crippen LogP contribution >= 0.6 is 0 Å². The Balaban J connectivity index is 2.64. The van der Waals surface area contributed by atoms with E-state index in [4.69, 9.17) is 4.74 Å². The molecule has 1 atom stereocenters. The Morgan fingerprint density at radius 3 is 2.37 bits per heavy atom. The average molecular weight is 275 g/mol. The largest absolute Gasteiger partial charge is 0.467 e. The van der Waals surface area contributed by atoms with E-state index in [-0.39, 0.29) is 19.4 Å². The summed E-state index contributed by atoms with van der Waals surface area (Å²) in [6.07, 6.45) is -0.0514. The first kappa shape index (κ1) is 15.7. The second kappa shape index (κ2) is 5.75. The fraction of sp³-hybridized carbons (Fsp3) is 0.846. The molecule has 6 heteroatoms. The third kappa shape index (κ3) is 4.36. The molecule has 1 amide bonds. The van der Waals surface area contributed by atoms with Crippen LogP contribution in [0.25, 0.3) is 0 Å². The maximum absolute atomic E-state index is 14.3. The van der Waals surface area contributed by atoms with E-state index in [2.05, 4.69) is 4.74 Å². The van der Waals surface area contributed by atoms with Crippen LogP contribution < -0.4 is 0 Å². The lowest BCUT2D eigenvalue weighted by atomic mass is 9.97. The van der Waals surface area contributed by atoms with Crippen LogP contribution in [-0.2, 0) is 14.3 Å². The molecule has 1 aliphatic heterocycles. The summed E-state index contributed by atoms with van der Waals surface area (Å²) in [4.78, 5) is 24.7. The lowest BCUT2D eigenvalue weighted by Gasteiger charge is -2.26. The maximum Gasteiger partial charge on any atom is 0.410 e. The maximum atomic E-state index is 14.3. The predicted octanol–water partition coefficient (Wildman–Crippen LogP) is 2.29. The molecule has 1 aliphatic rings. The highest BCUT2D eigenvalue weighted by atomic mass is 19.1. The topological polar surface area (TPSA) is 55.8 Å². The number of carbonyl (C=O) groups is 2. The standard InChI is InChI=1S/C13H22FNO4/c1-12(2,3)19-11(17)15-8-5-6-13(14,7-9-15)10(16)18-4/h5-9H2,1-4H3/t13-/m1/s1. The minimum atomic E-state index is -1.99. The molecule has 5 nitrogen and oxygen atoms in total. The first-order valence-electron chi connectivity index (χ1n) is 6.43. The van der Waals surface area contributed by atoms with E-state index in [1.807, 2.05) is 0 Å². The zero-order valence-electron chi connectivity index (χ0n) is 12.0. The molecule has 0 saturated carbocycles. The van der Waals surface area contributed by atoms with E-state index < -0.39 is 23.3 Å². The normalized spacial score (nSPS) is 24.6. The molecule has 0 aromatic carbocycles. The number of carbonyl (C=O) groups excluding carboxylic acids is 2. The summed E-state index contributed by atoms with van der Waals surface area (Å²) in [6, 6.07) is 0. The Bertz CT molecular complexity index is 353. The van der Waals surface area contributed by atoms with Gasteiger partial charge in [0, 0.05) is 19.5 Å². The summed E-state index contributed by atoms with van der Waals surface area (Å²) in [5, 5.41) is 0. The fourth-order valence-electron chi connectivity index (χ4n) is 2.00. The Labute approximate surface area is 113 Å².